The van der Waals surface area contributed by atoms with Crippen LogP contribution in [0.25, 0.3) is 0 Å². The second-order valence-corrected chi connectivity index (χ2v) is 4.32. The van der Waals surface area contributed by atoms with Crippen LogP contribution in [0, 0.1) is 5.92 Å². The van der Waals surface area contributed by atoms with E-state index in [9.17, 15) is 0 Å². The highest BCUT2D eigenvalue weighted by molar-refractivity contribution is 7.09. The molecule has 0 saturated heterocycles. The molecule has 0 aromatic carbocycles. The molecule has 0 radical (unpaired) electrons. The molecule has 0 amide bonds. The van der Waals surface area contributed by atoms with Gasteiger partial charge in [0.25, 0.3) is 0 Å². The Morgan fingerprint density at radius 3 is 2.75 bits per heavy atom. The van der Waals surface area contributed by atoms with Gasteiger partial charge in [0, 0.05) is 11.6 Å². The number of rotatable bonds is 4. The van der Waals surface area contributed by atoms with E-state index in [4.69, 9.17) is 0 Å². The number of aromatic nitrogens is 1. The average Bonchev–Trinajstić information content (AvgIpc) is 2.51. The summed E-state index contributed by atoms with van der Waals surface area (Å²) in [6, 6.07) is 0.396. The molecule has 1 aromatic heterocycles. The van der Waals surface area contributed by atoms with Crippen LogP contribution >= 0.6 is 11.3 Å². The molecule has 0 aliphatic rings. The summed E-state index contributed by atoms with van der Waals surface area (Å²) in [6.45, 7) is 7.63. The molecule has 68 valence electrons. The van der Waals surface area contributed by atoms with Gasteiger partial charge in [-0.05, 0) is 19.4 Å². The van der Waals surface area contributed by atoms with Crippen molar-refractivity contribution in [2.24, 2.45) is 5.92 Å². The van der Waals surface area contributed by atoms with E-state index in [0.717, 1.165) is 6.54 Å². The molecule has 0 aliphatic heterocycles. The highest BCUT2D eigenvalue weighted by atomic mass is 32.1. The lowest BCUT2D eigenvalue weighted by molar-refractivity contribution is 0.495. The Labute approximate surface area is 78.0 Å². The van der Waals surface area contributed by atoms with Gasteiger partial charge in [0.15, 0.2) is 0 Å². The summed E-state index contributed by atoms with van der Waals surface area (Å²) in [6.07, 6.45) is 1.85. The molecule has 0 fully saturated rings. The van der Waals surface area contributed by atoms with Crippen LogP contribution in [0.15, 0.2) is 11.6 Å². The van der Waals surface area contributed by atoms with Gasteiger partial charge in [0.1, 0.15) is 5.01 Å². The molecule has 1 N–H and O–H groups in total. The molecule has 12 heavy (non-hydrogen) atoms. The van der Waals surface area contributed by atoms with E-state index >= 15 is 0 Å². The predicted molar refractivity (Wildman–Crippen MR) is 53.4 cm³/mol. The molecule has 0 aliphatic carbocycles. The fourth-order valence-electron chi connectivity index (χ4n) is 0.948. The third-order valence-electron chi connectivity index (χ3n) is 1.65. The first-order chi connectivity index (χ1) is 5.70. The molecule has 1 heterocycles. The van der Waals surface area contributed by atoms with Crippen molar-refractivity contribution in [3.63, 3.8) is 0 Å². The second-order valence-electron chi connectivity index (χ2n) is 3.39. The summed E-state index contributed by atoms with van der Waals surface area (Å²) >= 11 is 1.71. The number of nitrogens with one attached hydrogen (secondary N) is 1. The molecule has 1 aromatic rings. The Kier molecular flexibility index (Phi) is 3.69. The number of thiazole rings is 1. The fourth-order valence-corrected chi connectivity index (χ4v) is 1.62. The summed E-state index contributed by atoms with van der Waals surface area (Å²) in [5.41, 5.74) is 0. The van der Waals surface area contributed by atoms with Gasteiger partial charge in [0.05, 0.1) is 6.04 Å². The summed E-state index contributed by atoms with van der Waals surface area (Å²) in [5, 5.41) is 6.63. The van der Waals surface area contributed by atoms with Gasteiger partial charge in [-0.2, -0.15) is 0 Å². The maximum atomic E-state index is 4.25. The SMILES string of the molecule is CC(C)CN[C@H](C)c1nccs1. The van der Waals surface area contributed by atoms with Crippen LogP contribution in [0.3, 0.4) is 0 Å². The molecule has 0 unspecified atom stereocenters. The lowest BCUT2D eigenvalue weighted by atomic mass is 10.2. The monoisotopic (exact) mass is 184 g/mol. The summed E-state index contributed by atoms with van der Waals surface area (Å²) < 4.78 is 0. The standard InChI is InChI=1S/C9H16N2S/c1-7(2)6-11-8(3)9-10-4-5-12-9/h4-5,7-8,11H,6H2,1-3H3/t8-/m1/s1. The van der Waals surface area contributed by atoms with Crippen LogP contribution < -0.4 is 5.32 Å². The number of nitrogens with zero attached hydrogens (tertiary/aromatic N) is 1. The van der Waals surface area contributed by atoms with E-state index < -0.39 is 0 Å². The Bertz CT molecular complexity index is 206. The lowest BCUT2D eigenvalue weighted by Gasteiger charge is -2.12. The maximum absolute atomic E-state index is 4.25. The van der Waals surface area contributed by atoms with Crippen molar-refractivity contribution in [3.05, 3.63) is 16.6 Å². The highest BCUT2D eigenvalue weighted by Gasteiger charge is 2.06. The zero-order chi connectivity index (χ0) is 8.97. The number of hydrogen-bond donors (Lipinski definition) is 1. The summed E-state index contributed by atoms with van der Waals surface area (Å²) in [7, 11) is 0. The van der Waals surface area contributed by atoms with Gasteiger partial charge in [-0.1, -0.05) is 13.8 Å². The number of hydrogen-bond acceptors (Lipinski definition) is 3. The Hall–Kier alpha value is -0.410. The van der Waals surface area contributed by atoms with E-state index in [1.165, 1.54) is 5.01 Å². The van der Waals surface area contributed by atoms with Crippen molar-refractivity contribution in [1.82, 2.24) is 10.3 Å². The molecule has 1 atom stereocenters. The van der Waals surface area contributed by atoms with Crippen molar-refractivity contribution in [2.45, 2.75) is 26.8 Å². The zero-order valence-electron chi connectivity index (χ0n) is 7.87. The quantitative estimate of drug-likeness (QED) is 0.777. The van der Waals surface area contributed by atoms with Crippen molar-refractivity contribution in [1.29, 1.82) is 0 Å². The van der Waals surface area contributed by atoms with E-state index in [-0.39, 0.29) is 0 Å². The van der Waals surface area contributed by atoms with Gasteiger partial charge >= 0.3 is 0 Å². The van der Waals surface area contributed by atoms with Crippen molar-refractivity contribution in [2.75, 3.05) is 6.54 Å². The first-order valence-electron chi connectivity index (χ1n) is 4.33. The van der Waals surface area contributed by atoms with Crippen molar-refractivity contribution < 1.29 is 0 Å². The van der Waals surface area contributed by atoms with E-state index in [0.29, 0.717) is 12.0 Å². The van der Waals surface area contributed by atoms with E-state index in [1.54, 1.807) is 11.3 Å². The smallest absolute Gasteiger partial charge is 0.109 e. The Morgan fingerprint density at radius 2 is 2.25 bits per heavy atom. The van der Waals surface area contributed by atoms with Gasteiger partial charge < -0.3 is 5.32 Å². The van der Waals surface area contributed by atoms with Crippen molar-refractivity contribution in [3.8, 4) is 0 Å². The largest absolute Gasteiger partial charge is 0.308 e. The first kappa shape index (κ1) is 9.68. The third kappa shape index (κ3) is 2.91. The van der Waals surface area contributed by atoms with Gasteiger partial charge in [-0.3, -0.25) is 0 Å². The van der Waals surface area contributed by atoms with Gasteiger partial charge in [0.2, 0.25) is 0 Å². The fraction of sp³-hybridized carbons (Fsp3) is 0.667. The molecule has 2 nitrogen and oxygen atoms in total. The minimum absolute atomic E-state index is 0.396. The molecule has 3 heteroatoms. The molecule has 0 saturated carbocycles. The second kappa shape index (κ2) is 4.58. The van der Waals surface area contributed by atoms with Crippen LogP contribution in [-0.4, -0.2) is 11.5 Å². The minimum atomic E-state index is 0.396. The molecule has 0 bridgehead atoms. The average molecular weight is 184 g/mol. The topological polar surface area (TPSA) is 24.9 Å². The first-order valence-corrected chi connectivity index (χ1v) is 5.21. The Balaban J connectivity index is 2.34. The van der Waals surface area contributed by atoms with Crippen LogP contribution in [0.5, 0.6) is 0 Å². The molecule has 1 rings (SSSR count). The minimum Gasteiger partial charge on any atom is -0.308 e. The van der Waals surface area contributed by atoms with Gasteiger partial charge in [-0.25, -0.2) is 4.98 Å². The highest BCUT2D eigenvalue weighted by Crippen LogP contribution is 2.14. The summed E-state index contributed by atoms with van der Waals surface area (Å²) in [5.74, 6) is 0.701. The van der Waals surface area contributed by atoms with E-state index in [2.05, 4.69) is 31.1 Å². The van der Waals surface area contributed by atoms with Crippen LogP contribution in [0.1, 0.15) is 31.8 Å². The predicted octanol–water partition coefficient (Wildman–Crippen LogP) is 2.45. The molecular weight excluding hydrogens is 168 g/mol. The van der Waals surface area contributed by atoms with Crippen LogP contribution in [-0.2, 0) is 0 Å². The van der Waals surface area contributed by atoms with Crippen LogP contribution in [0.2, 0.25) is 0 Å². The van der Waals surface area contributed by atoms with Crippen molar-refractivity contribution >= 4 is 11.3 Å². The summed E-state index contributed by atoms with van der Waals surface area (Å²) in [4.78, 5) is 4.25. The van der Waals surface area contributed by atoms with Gasteiger partial charge in [-0.15, -0.1) is 11.3 Å². The normalized spacial score (nSPS) is 13.7. The lowest BCUT2D eigenvalue weighted by Crippen LogP contribution is -2.23. The maximum Gasteiger partial charge on any atom is 0.109 e. The Morgan fingerprint density at radius 1 is 1.50 bits per heavy atom. The molecule has 0 spiro atoms. The van der Waals surface area contributed by atoms with E-state index in [1.807, 2.05) is 11.6 Å². The van der Waals surface area contributed by atoms with Crippen LogP contribution in [0.4, 0.5) is 0 Å². The molecular formula is C9H16N2S. The zero-order valence-corrected chi connectivity index (χ0v) is 8.69. The third-order valence-corrected chi connectivity index (χ3v) is 2.61.